The number of carbonyl (C=O) groups is 1. The summed E-state index contributed by atoms with van der Waals surface area (Å²) in [5, 5.41) is 0. The van der Waals surface area contributed by atoms with Gasteiger partial charge in [0, 0.05) is 18.7 Å². The molecule has 2 aliphatic heterocycles. The van der Waals surface area contributed by atoms with E-state index in [2.05, 4.69) is 15.9 Å². The summed E-state index contributed by atoms with van der Waals surface area (Å²) in [7, 11) is 0. The number of morpholine rings is 1. The van der Waals surface area contributed by atoms with E-state index in [0.717, 1.165) is 12.8 Å². The molecule has 96 valence electrons. The van der Waals surface area contributed by atoms with Crippen molar-refractivity contribution in [2.75, 3.05) is 13.1 Å². The number of nitrogens with zero attached hydrogens (tertiary/aromatic N) is 1. The Labute approximate surface area is 113 Å². The minimum atomic E-state index is -0.353. The molecule has 2 unspecified atom stereocenters. The highest BCUT2D eigenvalue weighted by molar-refractivity contribution is 9.10. The van der Waals surface area contributed by atoms with E-state index in [1.54, 1.807) is 0 Å². The minimum absolute atomic E-state index is 0.0455. The topological polar surface area (TPSA) is 29.5 Å². The van der Waals surface area contributed by atoms with Gasteiger partial charge in [0.2, 0.25) is 0 Å². The molecule has 3 nitrogen and oxygen atoms in total. The van der Waals surface area contributed by atoms with Crippen molar-refractivity contribution in [2.24, 2.45) is 0 Å². The van der Waals surface area contributed by atoms with Crippen LogP contribution in [0.25, 0.3) is 0 Å². The third-order valence-corrected chi connectivity index (χ3v) is 4.11. The predicted octanol–water partition coefficient (Wildman–Crippen LogP) is 2.59. The number of hydrogen-bond acceptors (Lipinski definition) is 2. The summed E-state index contributed by atoms with van der Waals surface area (Å²) < 4.78 is 19.2. The van der Waals surface area contributed by atoms with E-state index in [9.17, 15) is 9.18 Å². The molecule has 0 N–H and O–H groups in total. The Morgan fingerprint density at radius 3 is 2.61 bits per heavy atom. The van der Waals surface area contributed by atoms with Crippen molar-refractivity contribution in [3.05, 3.63) is 34.1 Å². The lowest BCUT2D eigenvalue weighted by Gasteiger charge is -2.32. The fourth-order valence-corrected chi connectivity index (χ4v) is 2.97. The monoisotopic (exact) mass is 313 g/mol. The SMILES string of the molecule is O=C(c1ccc(F)c(Br)c1)N1CC2CCC(C1)O2. The maximum Gasteiger partial charge on any atom is 0.254 e. The molecule has 0 aliphatic carbocycles. The van der Waals surface area contributed by atoms with Crippen LogP contribution >= 0.6 is 15.9 Å². The van der Waals surface area contributed by atoms with Gasteiger partial charge in [-0.2, -0.15) is 0 Å². The first-order chi connectivity index (χ1) is 8.63. The lowest BCUT2D eigenvalue weighted by Crippen LogP contribution is -2.45. The number of rotatable bonds is 1. The van der Waals surface area contributed by atoms with Crippen LogP contribution in [0.2, 0.25) is 0 Å². The van der Waals surface area contributed by atoms with E-state index < -0.39 is 0 Å². The molecule has 0 aromatic heterocycles. The molecule has 1 amide bonds. The van der Waals surface area contributed by atoms with Crippen molar-refractivity contribution in [1.82, 2.24) is 4.90 Å². The smallest absolute Gasteiger partial charge is 0.254 e. The molecule has 2 saturated heterocycles. The number of halogens is 2. The zero-order valence-electron chi connectivity index (χ0n) is 9.73. The molecule has 2 heterocycles. The Balaban J connectivity index is 1.79. The summed E-state index contributed by atoms with van der Waals surface area (Å²) in [6.45, 7) is 1.29. The quantitative estimate of drug-likeness (QED) is 0.797. The van der Waals surface area contributed by atoms with E-state index >= 15 is 0 Å². The van der Waals surface area contributed by atoms with Gasteiger partial charge in [-0.3, -0.25) is 4.79 Å². The molecule has 2 fully saturated rings. The Hall–Kier alpha value is -0.940. The summed E-state index contributed by atoms with van der Waals surface area (Å²) in [6, 6.07) is 4.38. The number of ether oxygens (including phenoxy) is 1. The van der Waals surface area contributed by atoms with Crippen LogP contribution in [0, 0.1) is 5.82 Å². The zero-order valence-corrected chi connectivity index (χ0v) is 11.3. The second-order valence-corrected chi connectivity index (χ2v) is 5.65. The van der Waals surface area contributed by atoms with Crippen molar-refractivity contribution in [3.8, 4) is 0 Å². The second-order valence-electron chi connectivity index (χ2n) is 4.80. The third kappa shape index (κ3) is 2.17. The highest BCUT2D eigenvalue weighted by Crippen LogP contribution is 2.27. The van der Waals surface area contributed by atoms with E-state index in [1.165, 1.54) is 18.2 Å². The van der Waals surface area contributed by atoms with Gasteiger partial charge in [0.1, 0.15) is 5.82 Å². The molecule has 0 saturated carbocycles. The molecule has 1 aromatic carbocycles. The Morgan fingerprint density at radius 2 is 2.00 bits per heavy atom. The highest BCUT2D eigenvalue weighted by Gasteiger charge is 2.35. The van der Waals surface area contributed by atoms with Gasteiger partial charge in [-0.05, 0) is 47.0 Å². The van der Waals surface area contributed by atoms with E-state index in [-0.39, 0.29) is 23.9 Å². The van der Waals surface area contributed by atoms with Crippen LogP contribution in [0.15, 0.2) is 22.7 Å². The Kier molecular flexibility index (Phi) is 3.11. The largest absolute Gasteiger partial charge is 0.371 e. The zero-order chi connectivity index (χ0) is 12.7. The molecule has 0 spiro atoms. The summed E-state index contributed by atoms with van der Waals surface area (Å²) in [4.78, 5) is 14.1. The van der Waals surface area contributed by atoms with Gasteiger partial charge in [-0.1, -0.05) is 0 Å². The van der Waals surface area contributed by atoms with Crippen LogP contribution in [-0.4, -0.2) is 36.1 Å². The van der Waals surface area contributed by atoms with Crippen LogP contribution < -0.4 is 0 Å². The second kappa shape index (κ2) is 4.63. The number of fused-ring (bicyclic) bond motifs is 2. The number of hydrogen-bond donors (Lipinski definition) is 0. The molecule has 1 aromatic rings. The van der Waals surface area contributed by atoms with E-state index in [4.69, 9.17) is 4.74 Å². The van der Waals surface area contributed by atoms with Crippen LogP contribution in [0.5, 0.6) is 0 Å². The molecule has 2 atom stereocenters. The van der Waals surface area contributed by atoms with Gasteiger partial charge in [0.05, 0.1) is 16.7 Å². The number of likely N-dealkylation sites (tertiary alicyclic amines) is 1. The van der Waals surface area contributed by atoms with E-state index in [1.807, 2.05) is 4.90 Å². The van der Waals surface area contributed by atoms with Gasteiger partial charge in [0.25, 0.3) is 5.91 Å². The van der Waals surface area contributed by atoms with Gasteiger partial charge in [-0.25, -0.2) is 4.39 Å². The first-order valence-corrected chi connectivity index (χ1v) is 6.82. The Bertz CT molecular complexity index is 482. The van der Waals surface area contributed by atoms with Gasteiger partial charge in [-0.15, -0.1) is 0 Å². The van der Waals surface area contributed by atoms with Crippen molar-refractivity contribution < 1.29 is 13.9 Å². The average molecular weight is 314 g/mol. The molecule has 3 rings (SSSR count). The van der Waals surface area contributed by atoms with Crippen molar-refractivity contribution in [3.63, 3.8) is 0 Å². The minimum Gasteiger partial charge on any atom is -0.371 e. The number of benzene rings is 1. The van der Waals surface area contributed by atoms with Crippen LogP contribution in [0.1, 0.15) is 23.2 Å². The first kappa shape index (κ1) is 12.1. The number of carbonyl (C=O) groups excluding carboxylic acids is 1. The average Bonchev–Trinajstić information content (AvgIpc) is 2.71. The standard InChI is InChI=1S/C13H13BrFNO2/c14-11-5-8(1-4-12(11)15)13(17)16-6-9-2-3-10(7-16)18-9/h1,4-5,9-10H,2-3,6-7H2. The predicted molar refractivity (Wildman–Crippen MR) is 67.9 cm³/mol. The molecule has 5 heteroatoms. The van der Waals surface area contributed by atoms with Gasteiger partial charge < -0.3 is 9.64 Å². The summed E-state index contributed by atoms with van der Waals surface area (Å²) >= 11 is 3.10. The van der Waals surface area contributed by atoms with Crippen molar-refractivity contribution in [1.29, 1.82) is 0 Å². The summed E-state index contributed by atoms with van der Waals surface area (Å²) in [5.74, 6) is -0.399. The summed E-state index contributed by atoms with van der Waals surface area (Å²) in [6.07, 6.45) is 2.41. The molecule has 2 bridgehead atoms. The molecular formula is C13H13BrFNO2. The third-order valence-electron chi connectivity index (χ3n) is 3.50. The fourth-order valence-electron chi connectivity index (χ4n) is 2.59. The van der Waals surface area contributed by atoms with Crippen LogP contribution in [-0.2, 0) is 4.74 Å². The van der Waals surface area contributed by atoms with Crippen LogP contribution in [0.4, 0.5) is 4.39 Å². The molecular weight excluding hydrogens is 301 g/mol. The van der Waals surface area contributed by atoms with Gasteiger partial charge >= 0.3 is 0 Å². The van der Waals surface area contributed by atoms with E-state index in [0.29, 0.717) is 23.1 Å². The lowest BCUT2D eigenvalue weighted by atomic mass is 10.1. The fraction of sp³-hybridized carbons (Fsp3) is 0.462. The molecule has 0 radical (unpaired) electrons. The normalized spacial score (nSPS) is 26.4. The van der Waals surface area contributed by atoms with Crippen molar-refractivity contribution >= 4 is 21.8 Å². The number of amides is 1. The first-order valence-electron chi connectivity index (χ1n) is 6.03. The van der Waals surface area contributed by atoms with Crippen molar-refractivity contribution in [2.45, 2.75) is 25.0 Å². The highest BCUT2D eigenvalue weighted by atomic mass is 79.9. The van der Waals surface area contributed by atoms with Gasteiger partial charge in [0.15, 0.2) is 0 Å². The molecule has 2 aliphatic rings. The maximum atomic E-state index is 13.1. The molecule has 18 heavy (non-hydrogen) atoms. The lowest BCUT2D eigenvalue weighted by molar-refractivity contribution is -0.0303. The van der Waals surface area contributed by atoms with Crippen LogP contribution in [0.3, 0.4) is 0 Å². The summed E-state index contributed by atoms with van der Waals surface area (Å²) in [5.41, 5.74) is 0.518. The Morgan fingerprint density at radius 1 is 1.33 bits per heavy atom. The maximum absolute atomic E-state index is 13.1.